The van der Waals surface area contributed by atoms with Gasteiger partial charge < -0.3 is 29.1 Å². The van der Waals surface area contributed by atoms with E-state index in [1.165, 1.54) is 0 Å². The van der Waals surface area contributed by atoms with Crippen LogP contribution in [-0.4, -0.2) is 73.0 Å². The van der Waals surface area contributed by atoms with E-state index in [1.807, 2.05) is 29.2 Å². The number of hydrogen-bond donors (Lipinski definition) is 1. The second-order valence-electron chi connectivity index (χ2n) is 8.36. The number of likely N-dealkylation sites (tertiary alicyclic amines) is 1. The number of rotatable bonds is 6. The number of aromatic nitrogens is 2. The number of hydrogen-bond acceptors (Lipinski definition) is 8. The topological polar surface area (TPSA) is 110 Å². The molecule has 178 valence electrons. The molecule has 2 aliphatic heterocycles. The van der Waals surface area contributed by atoms with Crippen molar-refractivity contribution in [3.8, 4) is 17.1 Å². The second-order valence-corrected chi connectivity index (χ2v) is 8.36. The van der Waals surface area contributed by atoms with Crippen LogP contribution in [0, 0.1) is 5.92 Å². The van der Waals surface area contributed by atoms with Crippen LogP contribution in [-0.2, 0) is 9.53 Å². The highest BCUT2D eigenvalue weighted by Crippen LogP contribution is 2.26. The van der Waals surface area contributed by atoms with Gasteiger partial charge in [0.25, 0.3) is 0 Å². The van der Waals surface area contributed by atoms with E-state index in [4.69, 9.17) is 14.0 Å². The summed E-state index contributed by atoms with van der Waals surface area (Å²) in [5.74, 6) is 1.36. The van der Waals surface area contributed by atoms with Crippen molar-refractivity contribution in [2.24, 2.45) is 5.92 Å². The summed E-state index contributed by atoms with van der Waals surface area (Å²) in [5, 5.41) is 7.27. The van der Waals surface area contributed by atoms with Crippen molar-refractivity contribution in [2.75, 3.05) is 44.8 Å². The van der Waals surface area contributed by atoms with E-state index in [0.29, 0.717) is 44.6 Å². The predicted molar refractivity (Wildman–Crippen MR) is 121 cm³/mol. The molecule has 10 heteroatoms. The van der Waals surface area contributed by atoms with Gasteiger partial charge in [0.15, 0.2) is 0 Å². The number of carbonyl (C=O) groups is 2. The Hall–Kier alpha value is -3.30. The highest BCUT2D eigenvalue weighted by Gasteiger charge is 2.30. The lowest BCUT2D eigenvalue weighted by atomic mass is 9.95. The van der Waals surface area contributed by atoms with Crippen LogP contribution in [0.5, 0.6) is 5.75 Å². The summed E-state index contributed by atoms with van der Waals surface area (Å²) in [7, 11) is 1.63. The Kier molecular flexibility index (Phi) is 7.31. The van der Waals surface area contributed by atoms with Crippen molar-refractivity contribution in [1.82, 2.24) is 20.4 Å². The molecule has 0 saturated carbocycles. The minimum atomic E-state index is -0.272. The molecule has 0 spiro atoms. The van der Waals surface area contributed by atoms with Crippen LogP contribution in [0.1, 0.15) is 32.6 Å². The van der Waals surface area contributed by atoms with Gasteiger partial charge in [0.05, 0.1) is 13.7 Å². The Morgan fingerprint density at radius 2 is 1.79 bits per heavy atom. The Balaban J connectivity index is 1.23. The predicted octanol–water partition coefficient (Wildman–Crippen LogP) is 2.70. The van der Waals surface area contributed by atoms with Crippen LogP contribution in [0.3, 0.4) is 0 Å². The highest BCUT2D eigenvalue weighted by molar-refractivity contribution is 5.79. The van der Waals surface area contributed by atoms with Crippen LogP contribution in [0.4, 0.5) is 10.8 Å². The molecule has 0 atom stereocenters. The van der Waals surface area contributed by atoms with Gasteiger partial charge in [0, 0.05) is 43.7 Å². The van der Waals surface area contributed by atoms with Crippen LogP contribution < -0.4 is 15.0 Å². The van der Waals surface area contributed by atoms with Crippen LogP contribution in [0.15, 0.2) is 28.8 Å². The molecule has 2 saturated heterocycles. The normalized spacial score (nSPS) is 17.6. The molecule has 0 bridgehead atoms. The van der Waals surface area contributed by atoms with Crippen molar-refractivity contribution in [1.29, 1.82) is 0 Å². The number of ether oxygens (including phenoxy) is 2. The van der Waals surface area contributed by atoms with E-state index < -0.39 is 0 Å². The Labute approximate surface area is 193 Å². The Morgan fingerprint density at radius 3 is 2.42 bits per heavy atom. The molecule has 3 heterocycles. The molecule has 2 amide bonds. The molecule has 2 fully saturated rings. The molecular formula is C23H31N5O5. The van der Waals surface area contributed by atoms with E-state index >= 15 is 0 Å². The van der Waals surface area contributed by atoms with Crippen molar-refractivity contribution >= 4 is 18.0 Å². The van der Waals surface area contributed by atoms with Gasteiger partial charge in [-0.2, -0.15) is 4.98 Å². The molecule has 0 radical (unpaired) electrons. The molecular weight excluding hydrogens is 426 g/mol. The summed E-state index contributed by atoms with van der Waals surface area (Å²) in [6.45, 7) is 4.76. The van der Waals surface area contributed by atoms with E-state index in [2.05, 4.69) is 15.5 Å². The van der Waals surface area contributed by atoms with Crippen LogP contribution >= 0.6 is 0 Å². The maximum Gasteiger partial charge on any atom is 0.409 e. The third kappa shape index (κ3) is 5.55. The lowest BCUT2D eigenvalue weighted by Gasteiger charge is -2.34. The summed E-state index contributed by atoms with van der Waals surface area (Å²) >= 11 is 0. The average Bonchev–Trinajstić information content (AvgIpc) is 3.35. The summed E-state index contributed by atoms with van der Waals surface area (Å²) < 4.78 is 15.7. The number of methoxy groups -OCH3 is 1. The van der Waals surface area contributed by atoms with Gasteiger partial charge in [0.1, 0.15) is 5.75 Å². The number of nitrogens with zero attached hydrogens (tertiary/aromatic N) is 4. The Morgan fingerprint density at radius 1 is 1.09 bits per heavy atom. The fourth-order valence-corrected chi connectivity index (χ4v) is 4.27. The molecule has 4 rings (SSSR count). The van der Waals surface area contributed by atoms with Gasteiger partial charge in [-0.3, -0.25) is 4.79 Å². The first kappa shape index (κ1) is 22.9. The fourth-order valence-electron chi connectivity index (χ4n) is 4.27. The molecule has 1 N–H and O–H groups in total. The molecule has 2 aromatic rings. The average molecular weight is 458 g/mol. The lowest BCUT2D eigenvalue weighted by molar-refractivity contribution is -0.126. The monoisotopic (exact) mass is 457 g/mol. The van der Waals surface area contributed by atoms with Gasteiger partial charge >= 0.3 is 12.1 Å². The van der Waals surface area contributed by atoms with E-state index in [0.717, 1.165) is 37.0 Å². The number of nitrogens with one attached hydrogen (secondary N) is 1. The van der Waals surface area contributed by atoms with Crippen molar-refractivity contribution in [3.63, 3.8) is 0 Å². The van der Waals surface area contributed by atoms with Gasteiger partial charge in [-0.25, -0.2) is 4.79 Å². The molecule has 10 nitrogen and oxygen atoms in total. The number of piperidine rings is 2. The van der Waals surface area contributed by atoms with Gasteiger partial charge in [-0.15, -0.1) is 0 Å². The lowest BCUT2D eigenvalue weighted by Crippen LogP contribution is -2.49. The number of amides is 2. The first-order chi connectivity index (χ1) is 16.1. The van der Waals surface area contributed by atoms with Gasteiger partial charge in [-0.1, -0.05) is 5.16 Å². The number of anilines is 1. The van der Waals surface area contributed by atoms with Crippen LogP contribution in [0.25, 0.3) is 11.4 Å². The maximum atomic E-state index is 12.8. The third-order valence-electron chi connectivity index (χ3n) is 6.27. The van der Waals surface area contributed by atoms with E-state index in [1.54, 1.807) is 18.9 Å². The standard InChI is InChI=1S/C23H31N5O5/c1-3-32-23(30)28-14-10-18(11-15-28)24-21(29)17-8-12-27(13-9-17)22-25-20(26-33-22)16-4-6-19(31-2)7-5-16/h4-7,17-18H,3,8-15H2,1-2H3,(H,24,29). The number of benzene rings is 1. The number of carbonyl (C=O) groups excluding carboxylic acids is 2. The fraction of sp³-hybridized carbons (Fsp3) is 0.565. The zero-order valence-corrected chi connectivity index (χ0v) is 19.2. The first-order valence-electron chi connectivity index (χ1n) is 11.5. The van der Waals surface area contributed by atoms with Gasteiger partial charge in [0.2, 0.25) is 11.7 Å². The summed E-state index contributed by atoms with van der Waals surface area (Å²) in [5.41, 5.74) is 0.856. The Bertz CT molecular complexity index is 931. The summed E-state index contributed by atoms with van der Waals surface area (Å²) in [6, 6.07) is 8.07. The molecule has 1 aromatic carbocycles. The quantitative estimate of drug-likeness (QED) is 0.705. The molecule has 0 aliphatic carbocycles. The van der Waals surface area contributed by atoms with Crippen LogP contribution in [0.2, 0.25) is 0 Å². The summed E-state index contributed by atoms with van der Waals surface area (Å²) in [6.07, 6.45) is 2.69. The maximum absolute atomic E-state index is 12.8. The van der Waals surface area contributed by atoms with Crippen molar-refractivity contribution in [3.05, 3.63) is 24.3 Å². The van der Waals surface area contributed by atoms with E-state index in [9.17, 15) is 9.59 Å². The van der Waals surface area contributed by atoms with Gasteiger partial charge in [-0.05, 0) is 56.9 Å². The molecule has 33 heavy (non-hydrogen) atoms. The molecule has 0 unspecified atom stereocenters. The zero-order chi connectivity index (χ0) is 23.2. The largest absolute Gasteiger partial charge is 0.497 e. The first-order valence-corrected chi connectivity index (χ1v) is 11.5. The third-order valence-corrected chi connectivity index (χ3v) is 6.27. The van der Waals surface area contributed by atoms with E-state index in [-0.39, 0.29) is 24.0 Å². The molecule has 1 aromatic heterocycles. The van der Waals surface area contributed by atoms with Crippen molar-refractivity contribution < 1.29 is 23.6 Å². The highest BCUT2D eigenvalue weighted by atomic mass is 16.6. The molecule has 2 aliphatic rings. The minimum Gasteiger partial charge on any atom is -0.497 e. The minimum absolute atomic E-state index is 0.0340. The SMILES string of the molecule is CCOC(=O)N1CCC(NC(=O)C2CCN(c3nc(-c4ccc(OC)cc4)no3)CC2)CC1. The second kappa shape index (κ2) is 10.5. The zero-order valence-electron chi connectivity index (χ0n) is 19.2. The summed E-state index contributed by atoms with van der Waals surface area (Å²) in [4.78, 5) is 32.8. The van der Waals surface area contributed by atoms with Crippen molar-refractivity contribution in [2.45, 2.75) is 38.6 Å². The smallest absolute Gasteiger partial charge is 0.409 e.